The maximum Gasteiger partial charge on any atom is 0.233 e. The van der Waals surface area contributed by atoms with Gasteiger partial charge in [-0.05, 0) is 31.5 Å². The van der Waals surface area contributed by atoms with Crippen molar-refractivity contribution in [3.8, 4) is 5.75 Å². The first kappa shape index (κ1) is 12.5. The van der Waals surface area contributed by atoms with Crippen molar-refractivity contribution >= 4 is 5.91 Å². The molecule has 0 aromatic heterocycles. The van der Waals surface area contributed by atoms with E-state index in [1.807, 2.05) is 38.1 Å². The zero-order valence-corrected chi connectivity index (χ0v) is 9.69. The molecule has 0 heterocycles. The highest BCUT2D eigenvalue weighted by Gasteiger charge is 2.05. The molecular formula is C12H18N2O2. The van der Waals surface area contributed by atoms with Crippen molar-refractivity contribution in [1.82, 2.24) is 5.32 Å². The molecule has 0 spiro atoms. The zero-order chi connectivity index (χ0) is 12.0. The van der Waals surface area contributed by atoms with E-state index < -0.39 is 0 Å². The number of hydrogen-bond acceptors (Lipinski definition) is 3. The SMILES string of the molecule is Cc1cccc(OC(C)CNC(=O)CN)c1. The Morgan fingerprint density at radius 1 is 1.56 bits per heavy atom. The highest BCUT2D eigenvalue weighted by Crippen LogP contribution is 2.13. The van der Waals surface area contributed by atoms with Gasteiger partial charge in [-0.3, -0.25) is 4.79 Å². The van der Waals surface area contributed by atoms with Gasteiger partial charge >= 0.3 is 0 Å². The molecule has 1 aromatic rings. The molecule has 0 saturated heterocycles. The minimum atomic E-state index is -0.167. The smallest absolute Gasteiger partial charge is 0.233 e. The lowest BCUT2D eigenvalue weighted by Crippen LogP contribution is -2.37. The number of hydrogen-bond donors (Lipinski definition) is 2. The molecule has 0 radical (unpaired) electrons. The largest absolute Gasteiger partial charge is 0.489 e. The predicted octanol–water partition coefficient (Wildman–Crippen LogP) is 0.837. The van der Waals surface area contributed by atoms with Crippen LogP contribution in [0.5, 0.6) is 5.75 Å². The average Bonchev–Trinajstić information content (AvgIpc) is 2.26. The summed E-state index contributed by atoms with van der Waals surface area (Å²) in [4.78, 5) is 10.9. The second-order valence-corrected chi connectivity index (χ2v) is 3.75. The van der Waals surface area contributed by atoms with Crippen LogP contribution in [0.3, 0.4) is 0 Å². The maximum absolute atomic E-state index is 10.9. The molecule has 0 aliphatic rings. The van der Waals surface area contributed by atoms with Crippen LogP contribution in [-0.2, 0) is 4.79 Å². The lowest BCUT2D eigenvalue weighted by atomic mass is 10.2. The van der Waals surface area contributed by atoms with Gasteiger partial charge in [-0.2, -0.15) is 0 Å². The van der Waals surface area contributed by atoms with Crippen molar-refractivity contribution in [2.45, 2.75) is 20.0 Å². The molecule has 1 atom stereocenters. The number of nitrogens with two attached hydrogens (primary N) is 1. The molecule has 4 nitrogen and oxygen atoms in total. The number of benzene rings is 1. The van der Waals surface area contributed by atoms with Gasteiger partial charge in [0.2, 0.25) is 5.91 Å². The van der Waals surface area contributed by atoms with E-state index in [1.165, 1.54) is 0 Å². The van der Waals surface area contributed by atoms with Gasteiger partial charge in [-0.25, -0.2) is 0 Å². The first-order valence-corrected chi connectivity index (χ1v) is 5.32. The fraction of sp³-hybridized carbons (Fsp3) is 0.417. The quantitative estimate of drug-likeness (QED) is 0.776. The van der Waals surface area contributed by atoms with Crippen LogP contribution < -0.4 is 15.8 Å². The van der Waals surface area contributed by atoms with Crippen LogP contribution in [0, 0.1) is 6.92 Å². The summed E-state index contributed by atoms with van der Waals surface area (Å²) in [5.41, 5.74) is 6.33. The van der Waals surface area contributed by atoms with E-state index in [0.717, 1.165) is 11.3 Å². The van der Waals surface area contributed by atoms with E-state index in [-0.39, 0.29) is 18.6 Å². The number of amides is 1. The molecule has 0 fully saturated rings. The molecule has 0 bridgehead atoms. The standard InChI is InChI=1S/C12H18N2O2/c1-9-4-3-5-11(6-9)16-10(2)8-14-12(15)7-13/h3-6,10H,7-8,13H2,1-2H3,(H,14,15). The van der Waals surface area contributed by atoms with Crippen molar-refractivity contribution in [3.63, 3.8) is 0 Å². The summed E-state index contributed by atoms with van der Waals surface area (Å²) in [6.07, 6.45) is -0.0719. The van der Waals surface area contributed by atoms with E-state index in [4.69, 9.17) is 10.5 Å². The van der Waals surface area contributed by atoms with Gasteiger partial charge in [0, 0.05) is 0 Å². The third-order valence-electron chi connectivity index (χ3n) is 2.10. The third kappa shape index (κ3) is 4.31. The fourth-order valence-electron chi connectivity index (χ4n) is 1.29. The zero-order valence-electron chi connectivity index (χ0n) is 9.69. The van der Waals surface area contributed by atoms with E-state index >= 15 is 0 Å². The van der Waals surface area contributed by atoms with Gasteiger partial charge < -0.3 is 15.8 Å². The Bertz CT molecular complexity index is 353. The van der Waals surface area contributed by atoms with Crippen LogP contribution in [0.15, 0.2) is 24.3 Å². The Morgan fingerprint density at radius 2 is 2.31 bits per heavy atom. The Labute approximate surface area is 95.8 Å². The summed E-state index contributed by atoms with van der Waals surface area (Å²) < 4.78 is 5.63. The summed E-state index contributed by atoms with van der Waals surface area (Å²) in [5, 5.41) is 2.68. The monoisotopic (exact) mass is 222 g/mol. The highest BCUT2D eigenvalue weighted by atomic mass is 16.5. The molecule has 16 heavy (non-hydrogen) atoms. The van der Waals surface area contributed by atoms with E-state index in [9.17, 15) is 4.79 Å². The summed E-state index contributed by atoms with van der Waals surface area (Å²) in [5.74, 6) is 0.647. The molecule has 4 heteroatoms. The molecule has 1 unspecified atom stereocenters. The van der Waals surface area contributed by atoms with Gasteiger partial charge in [-0.15, -0.1) is 0 Å². The maximum atomic E-state index is 10.9. The number of aryl methyl sites for hydroxylation is 1. The predicted molar refractivity (Wildman–Crippen MR) is 63.3 cm³/mol. The normalized spacial score (nSPS) is 11.9. The minimum Gasteiger partial charge on any atom is -0.489 e. The van der Waals surface area contributed by atoms with Crippen LogP contribution in [0.1, 0.15) is 12.5 Å². The van der Waals surface area contributed by atoms with Crippen LogP contribution in [0.2, 0.25) is 0 Å². The van der Waals surface area contributed by atoms with Gasteiger partial charge in [0.15, 0.2) is 0 Å². The molecule has 3 N–H and O–H groups in total. The Morgan fingerprint density at radius 3 is 2.94 bits per heavy atom. The first-order valence-electron chi connectivity index (χ1n) is 5.32. The van der Waals surface area contributed by atoms with Crippen molar-refractivity contribution in [1.29, 1.82) is 0 Å². The van der Waals surface area contributed by atoms with Gasteiger partial charge in [0.05, 0.1) is 13.1 Å². The van der Waals surface area contributed by atoms with E-state index in [0.29, 0.717) is 6.54 Å². The van der Waals surface area contributed by atoms with Crippen LogP contribution in [0.25, 0.3) is 0 Å². The number of nitrogens with one attached hydrogen (secondary N) is 1. The molecule has 0 aliphatic heterocycles. The van der Waals surface area contributed by atoms with Gasteiger partial charge in [0.25, 0.3) is 0 Å². The second kappa shape index (κ2) is 6.12. The summed E-state index contributed by atoms with van der Waals surface area (Å²) in [6, 6.07) is 7.80. The Balaban J connectivity index is 2.39. The van der Waals surface area contributed by atoms with Crippen LogP contribution in [-0.4, -0.2) is 25.1 Å². The minimum absolute atomic E-state index is 0.0111. The highest BCUT2D eigenvalue weighted by molar-refractivity contribution is 5.77. The molecule has 1 amide bonds. The molecule has 88 valence electrons. The van der Waals surface area contributed by atoms with E-state index in [1.54, 1.807) is 0 Å². The molecule has 0 saturated carbocycles. The summed E-state index contributed by atoms with van der Waals surface area (Å²) >= 11 is 0. The van der Waals surface area contributed by atoms with Crippen LogP contribution in [0.4, 0.5) is 0 Å². The van der Waals surface area contributed by atoms with Crippen molar-refractivity contribution in [2.75, 3.05) is 13.1 Å². The number of ether oxygens (including phenoxy) is 1. The van der Waals surface area contributed by atoms with Crippen LogP contribution >= 0.6 is 0 Å². The Kier molecular flexibility index (Phi) is 4.79. The number of carbonyl (C=O) groups excluding carboxylic acids is 1. The lowest BCUT2D eigenvalue weighted by molar-refractivity contribution is -0.120. The van der Waals surface area contributed by atoms with Gasteiger partial charge in [0.1, 0.15) is 11.9 Å². The van der Waals surface area contributed by atoms with Crippen molar-refractivity contribution in [3.05, 3.63) is 29.8 Å². The van der Waals surface area contributed by atoms with Gasteiger partial charge in [-0.1, -0.05) is 12.1 Å². The molecule has 1 rings (SSSR count). The average molecular weight is 222 g/mol. The summed E-state index contributed by atoms with van der Waals surface area (Å²) in [7, 11) is 0. The molecular weight excluding hydrogens is 204 g/mol. The number of rotatable bonds is 5. The lowest BCUT2D eigenvalue weighted by Gasteiger charge is -2.15. The number of carbonyl (C=O) groups is 1. The topological polar surface area (TPSA) is 64.3 Å². The first-order chi connectivity index (χ1) is 7.61. The fourth-order valence-corrected chi connectivity index (χ4v) is 1.29. The second-order valence-electron chi connectivity index (χ2n) is 3.75. The Hall–Kier alpha value is -1.55. The summed E-state index contributed by atoms with van der Waals surface area (Å²) in [6.45, 7) is 4.38. The third-order valence-corrected chi connectivity index (χ3v) is 2.10. The van der Waals surface area contributed by atoms with Crippen molar-refractivity contribution in [2.24, 2.45) is 5.73 Å². The van der Waals surface area contributed by atoms with Crippen molar-refractivity contribution < 1.29 is 9.53 Å². The van der Waals surface area contributed by atoms with E-state index in [2.05, 4.69) is 5.32 Å². The molecule has 0 aliphatic carbocycles. The molecule has 1 aromatic carbocycles.